The molecule has 0 unspecified atom stereocenters. The van der Waals surface area contributed by atoms with Gasteiger partial charge in [0, 0.05) is 10.0 Å². The number of esters is 1. The third-order valence-corrected chi connectivity index (χ3v) is 6.58. The summed E-state index contributed by atoms with van der Waals surface area (Å²) in [7, 11) is 1.21. The third-order valence-electron chi connectivity index (χ3n) is 5.17. The molecule has 9 heteroatoms. The van der Waals surface area contributed by atoms with Crippen molar-refractivity contribution in [3.05, 3.63) is 75.1 Å². The van der Waals surface area contributed by atoms with Crippen molar-refractivity contribution in [1.82, 2.24) is 4.90 Å². The van der Waals surface area contributed by atoms with Crippen molar-refractivity contribution in [1.29, 1.82) is 0 Å². The van der Waals surface area contributed by atoms with Crippen LogP contribution in [-0.4, -0.2) is 41.8 Å². The van der Waals surface area contributed by atoms with Gasteiger partial charge in [0.1, 0.15) is 12.6 Å². The number of carbonyl (C=O) groups excluding carboxylic acids is 3. The van der Waals surface area contributed by atoms with Crippen molar-refractivity contribution in [3.63, 3.8) is 0 Å². The van der Waals surface area contributed by atoms with E-state index in [0.29, 0.717) is 36.7 Å². The van der Waals surface area contributed by atoms with E-state index in [9.17, 15) is 14.4 Å². The number of amides is 2. The van der Waals surface area contributed by atoms with Crippen LogP contribution in [0.1, 0.15) is 30.5 Å². The fourth-order valence-electron chi connectivity index (χ4n) is 3.48. The minimum Gasteiger partial charge on any atom is -0.490 e. The Labute approximate surface area is 217 Å². The number of ether oxygens (including phenoxy) is 3. The smallest absolute Gasteiger partial charge is 0.328 e. The standard InChI is InChI=1S/C26H26BrNO6S/c1-5-7-19-12-18(14-22-24(29)28(26(31)35-22)16(3)25(30)32-4)13-21(33-6-2)23(19)34-15-17-8-10-20(27)11-9-17/h5,8-14,16H,1,6-7,15H2,2-4H3/b22-14+/t16-/m1/s1. The Bertz CT molecular complexity index is 1160. The lowest BCUT2D eigenvalue weighted by atomic mass is 10.0. The Balaban J connectivity index is 1.94. The van der Waals surface area contributed by atoms with Crippen molar-refractivity contribution in [2.24, 2.45) is 0 Å². The molecule has 0 radical (unpaired) electrons. The van der Waals surface area contributed by atoms with E-state index in [1.54, 1.807) is 18.2 Å². The van der Waals surface area contributed by atoms with Crippen LogP contribution in [0.25, 0.3) is 6.08 Å². The second-order valence-electron chi connectivity index (χ2n) is 7.60. The van der Waals surface area contributed by atoms with Gasteiger partial charge < -0.3 is 14.2 Å². The van der Waals surface area contributed by atoms with Crippen LogP contribution >= 0.6 is 27.7 Å². The lowest BCUT2D eigenvalue weighted by Crippen LogP contribution is -2.42. The van der Waals surface area contributed by atoms with Gasteiger partial charge in [-0.25, -0.2) is 4.79 Å². The summed E-state index contributed by atoms with van der Waals surface area (Å²) in [6, 6.07) is 10.5. The summed E-state index contributed by atoms with van der Waals surface area (Å²) >= 11 is 4.21. The summed E-state index contributed by atoms with van der Waals surface area (Å²) in [5, 5.41) is -0.523. The number of hydrogen-bond donors (Lipinski definition) is 0. The van der Waals surface area contributed by atoms with Gasteiger partial charge in [0.05, 0.1) is 18.6 Å². The second-order valence-corrected chi connectivity index (χ2v) is 9.51. The SMILES string of the molecule is C=CCc1cc(/C=C2/SC(=O)N([C@H](C)C(=O)OC)C2=O)cc(OCC)c1OCc1ccc(Br)cc1. The highest BCUT2D eigenvalue weighted by molar-refractivity contribution is 9.10. The third kappa shape index (κ3) is 6.35. The Morgan fingerprint density at radius 3 is 2.54 bits per heavy atom. The van der Waals surface area contributed by atoms with Gasteiger partial charge >= 0.3 is 5.97 Å². The predicted octanol–water partition coefficient (Wildman–Crippen LogP) is 5.75. The van der Waals surface area contributed by atoms with Gasteiger partial charge in [0.15, 0.2) is 11.5 Å². The normalized spacial score (nSPS) is 15.3. The molecule has 35 heavy (non-hydrogen) atoms. The van der Waals surface area contributed by atoms with Crippen LogP contribution in [-0.2, 0) is 27.4 Å². The van der Waals surface area contributed by atoms with E-state index >= 15 is 0 Å². The topological polar surface area (TPSA) is 82.1 Å². The van der Waals surface area contributed by atoms with Gasteiger partial charge in [-0.05, 0) is 73.5 Å². The van der Waals surface area contributed by atoms with Crippen LogP contribution in [0.4, 0.5) is 4.79 Å². The molecule has 184 valence electrons. The van der Waals surface area contributed by atoms with Gasteiger partial charge in [-0.2, -0.15) is 0 Å². The Morgan fingerprint density at radius 1 is 1.20 bits per heavy atom. The highest BCUT2D eigenvalue weighted by Crippen LogP contribution is 2.38. The van der Waals surface area contributed by atoms with Crippen LogP contribution in [0.2, 0.25) is 0 Å². The molecule has 1 atom stereocenters. The first-order valence-corrected chi connectivity index (χ1v) is 12.5. The highest BCUT2D eigenvalue weighted by atomic mass is 79.9. The van der Waals surface area contributed by atoms with E-state index in [1.165, 1.54) is 14.0 Å². The Kier molecular flexibility index (Phi) is 9.17. The highest BCUT2D eigenvalue weighted by Gasteiger charge is 2.41. The van der Waals surface area contributed by atoms with E-state index in [2.05, 4.69) is 27.2 Å². The summed E-state index contributed by atoms with van der Waals surface area (Å²) in [6.45, 7) is 7.93. The minimum atomic E-state index is -1.01. The predicted molar refractivity (Wildman–Crippen MR) is 139 cm³/mol. The van der Waals surface area contributed by atoms with E-state index in [-0.39, 0.29) is 4.91 Å². The summed E-state index contributed by atoms with van der Waals surface area (Å²) in [6.07, 6.45) is 3.88. The summed E-state index contributed by atoms with van der Waals surface area (Å²) in [4.78, 5) is 38.3. The lowest BCUT2D eigenvalue weighted by molar-refractivity contribution is -0.148. The molecule has 0 N–H and O–H groups in total. The minimum absolute atomic E-state index is 0.210. The van der Waals surface area contributed by atoms with Crippen LogP contribution < -0.4 is 9.47 Å². The molecular weight excluding hydrogens is 534 g/mol. The molecule has 0 spiro atoms. The molecule has 1 fully saturated rings. The average molecular weight is 560 g/mol. The zero-order chi connectivity index (χ0) is 25.5. The molecule has 0 aliphatic carbocycles. The number of halogens is 1. The molecule has 1 saturated heterocycles. The maximum Gasteiger partial charge on any atom is 0.328 e. The number of methoxy groups -OCH3 is 1. The first kappa shape index (κ1) is 26.6. The maximum atomic E-state index is 12.9. The van der Waals surface area contributed by atoms with E-state index in [1.807, 2.05) is 37.3 Å². The molecule has 1 aliphatic heterocycles. The quantitative estimate of drug-likeness (QED) is 0.208. The van der Waals surface area contributed by atoms with Crippen molar-refractivity contribution >= 4 is 50.9 Å². The first-order valence-electron chi connectivity index (χ1n) is 10.9. The largest absolute Gasteiger partial charge is 0.490 e. The number of benzene rings is 2. The number of allylic oxidation sites excluding steroid dienone is 1. The molecule has 2 amide bonds. The van der Waals surface area contributed by atoms with Gasteiger partial charge in [-0.3, -0.25) is 14.5 Å². The molecule has 1 aliphatic rings. The van der Waals surface area contributed by atoms with Crippen molar-refractivity contribution in [2.45, 2.75) is 32.9 Å². The molecular formula is C26H26BrNO6S. The molecule has 3 rings (SSSR count). The zero-order valence-electron chi connectivity index (χ0n) is 19.7. The van der Waals surface area contributed by atoms with Gasteiger partial charge in [0.25, 0.3) is 11.1 Å². The summed E-state index contributed by atoms with van der Waals surface area (Å²) in [5.74, 6) is -0.0824. The second kappa shape index (κ2) is 12.1. The van der Waals surface area contributed by atoms with Crippen LogP contribution in [0.3, 0.4) is 0 Å². The maximum absolute atomic E-state index is 12.9. The Morgan fingerprint density at radius 2 is 1.91 bits per heavy atom. The van der Waals surface area contributed by atoms with Crippen LogP contribution in [0.5, 0.6) is 11.5 Å². The van der Waals surface area contributed by atoms with Crippen molar-refractivity contribution < 1.29 is 28.6 Å². The van der Waals surface area contributed by atoms with E-state index in [4.69, 9.17) is 9.47 Å². The average Bonchev–Trinajstić information content (AvgIpc) is 3.11. The fraction of sp³-hybridized carbons (Fsp3) is 0.269. The number of nitrogens with zero attached hydrogens (tertiary/aromatic N) is 1. The molecule has 2 aromatic rings. The Hall–Kier alpha value is -3.04. The van der Waals surface area contributed by atoms with Crippen LogP contribution in [0.15, 0.2) is 58.4 Å². The lowest BCUT2D eigenvalue weighted by Gasteiger charge is -2.18. The number of thioether (sulfide) groups is 1. The first-order chi connectivity index (χ1) is 16.8. The number of rotatable bonds is 10. The monoisotopic (exact) mass is 559 g/mol. The molecule has 0 aromatic heterocycles. The summed E-state index contributed by atoms with van der Waals surface area (Å²) in [5.41, 5.74) is 2.49. The van der Waals surface area contributed by atoms with E-state index in [0.717, 1.165) is 32.3 Å². The van der Waals surface area contributed by atoms with Gasteiger partial charge in [0.2, 0.25) is 0 Å². The zero-order valence-corrected chi connectivity index (χ0v) is 22.1. The number of imide groups is 1. The summed E-state index contributed by atoms with van der Waals surface area (Å²) < 4.78 is 17.7. The molecule has 0 saturated carbocycles. The van der Waals surface area contributed by atoms with Crippen molar-refractivity contribution in [3.8, 4) is 11.5 Å². The fourth-order valence-corrected chi connectivity index (χ4v) is 4.65. The van der Waals surface area contributed by atoms with Crippen LogP contribution in [0, 0.1) is 0 Å². The molecule has 7 nitrogen and oxygen atoms in total. The number of hydrogen-bond acceptors (Lipinski definition) is 7. The molecule has 1 heterocycles. The van der Waals surface area contributed by atoms with E-state index < -0.39 is 23.2 Å². The molecule has 0 bridgehead atoms. The van der Waals surface area contributed by atoms with Gasteiger partial charge in [-0.1, -0.05) is 34.1 Å². The van der Waals surface area contributed by atoms with Gasteiger partial charge in [-0.15, -0.1) is 6.58 Å². The molecule has 2 aromatic carbocycles. The number of carbonyl (C=O) groups is 3. The van der Waals surface area contributed by atoms with Crippen molar-refractivity contribution in [2.75, 3.05) is 13.7 Å².